The van der Waals surface area contributed by atoms with Gasteiger partial charge in [-0.05, 0) is 44.1 Å². The highest BCUT2D eigenvalue weighted by atomic mass is 16.5. The zero-order chi connectivity index (χ0) is 23.6. The van der Waals surface area contributed by atoms with Gasteiger partial charge in [0.25, 0.3) is 0 Å². The first kappa shape index (κ1) is 26.7. The van der Waals surface area contributed by atoms with Crippen molar-refractivity contribution in [3.8, 4) is 17.1 Å². The minimum atomic E-state index is -0.388. The number of rotatable bonds is 17. The van der Waals surface area contributed by atoms with Gasteiger partial charge in [-0.25, -0.2) is 14.8 Å². The molecule has 0 saturated carbocycles. The van der Waals surface area contributed by atoms with Crippen LogP contribution < -0.4 is 4.74 Å². The van der Waals surface area contributed by atoms with Gasteiger partial charge < -0.3 is 9.47 Å². The lowest BCUT2D eigenvalue weighted by atomic mass is 10.0. The number of ether oxygens (including phenoxy) is 2. The minimum absolute atomic E-state index is 0.357. The minimum Gasteiger partial charge on any atom is -0.420 e. The van der Waals surface area contributed by atoms with Crippen molar-refractivity contribution >= 4 is 5.97 Å². The summed E-state index contributed by atoms with van der Waals surface area (Å²) >= 11 is 0. The zero-order valence-corrected chi connectivity index (χ0v) is 20.4. The van der Waals surface area contributed by atoms with Gasteiger partial charge in [0.05, 0.1) is 12.4 Å². The van der Waals surface area contributed by atoms with E-state index in [0.717, 1.165) is 50.9 Å². The number of hydrogen-bond donors (Lipinski definition) is 0. The van der Waals surface area contributed by atoms with Crippen LogP contribution in [0.25, 0.3) is 11.4 Å². The molecule has 0 fully saturated rings. The van der Waals surface area contributed by atoms with E-state index in [-0.39, 0.29) is 5.97 Å². The monoisotopic (exact) mass is 452 g/mol. The van der Waals surface area contributed by atoms with E-state index in [1.807, 2.05) is 18.2 Å². The van der Waals surface area contributed by atoms with Crippen LogP contribution in [0.5, 0.6) is 5.75 Å². The summed E-state index contributed by atoms with van der Waals surface area (Å²) in [5.74, 6) is 0.592. The third kappa shape index (κ3) is 11.8. The highest BCUT2D eigenvalue weighted by molar-refractivity contribution is 5.83. The first-order chi connectivity index (χ1) is 16.2. The summed E-state index contributed by atoms with van der Waals surface area (Å²) in [6, 6.07) is 8.36. The number of unbranched alkanes of at least 4 members (excludes halogenated alkanes) is 7. The normalized spacial score (nSPS) is 11.2. The van der Waals surface area contributed by atoms with Gasteiger partial charge in [0, 0.05) is 24.9 Å². The van der Waals surface area contributed by atoms with E-state index in [1.165, 1.54) is 50.2 Å². The van der Waals surface area contributed by atoms with Crippen molar-refractivity contribution in [3.05, 3.63) is 54.4 Å². The Labute approximate surface area is 199 Å². The van der Waals surface area contributed by atoms with Gasteiger partial charge in [0.15, 0.2) is 11.6 Å². The number of esters is 1. The molecule has 2 rings (SSSR count). The molecule has 1 aromatic heterocycles. The van der Waals surface area contributed by atoms with Gasteiger partial charge in [-0.1, -0.05) is 76.3 Å². The molecule has 0 amide bonds. The van der Waals surface area contributed by atoms with Gasteiger partial charge in [0.1, 0.15) is 0 Å². The third-order valence-corrected chi connectivity index (χ3v) is 5.39. The fourth-order valence-corrected chi connectivity index (χ4v) is 3.49. The summed E-state index contributed by atoms with van der Waals surface area (Å²) in [6.45, 7) is 6.07. The van der Waals surface area contributed by atoms with Crippen molar-refractivity contribution in [2.24, 2.45) is 0 Å². The van der Waals surface area contributed by atoms with Gasteiger partial charge in [-0.2, -0.15) is 0 Å². The summed E-state index contributed by atoms with van der Waals surface area (Å²) in [4.78, 5) is 20.7. The van der Waals surface area contributed by atoms with E-state index in [2.05, 4.69) is 35.9 Å². The first-order valence-electron chi connectivity index (χ1n) is 12.6. The van der Waals surface area contributed by atoms with Crippen molar-refractivity contribution < 1.29 is 14.3 Å². The summed E-state index contributed by atoms with van der Waals surface area (Å²) in [5, 5.41) is 0. The van der Waals surface area contributed by atoms with Crippen LogP contribution in [0.1, 0.15) is 83.6 Å². The molecule has 1 heterocycles. The van der Waals surface area contributed by atoms with E-state index >= 15 is 0 Å². The Kier molecular flexibility index (Phi) is 13.8. The Balaban J connectivity index is 1.70. The lowest BCUT2D eigenvalue weighted by Crippen LogP contribution is -2.04. The molecule has 0 aliphatic rings. The number of carbonyl (C=O) groups excluding carboxylic acids is 1. The average molecular weight is 453 g/mol. The Morgan fingerprint density at radius 1 is 0.848 bits per heavy atom. The summed E-state index contributed by atoms with van der Waals surface area (Å²) in [6.07, 6.45) is 19.1. The molecule has 0 radical (unpaired) electrons. The highest BCUT2D eigenvalue weighted by Crippen LogP contribution is 2.18. The second-order valence-electron chi connectivity index (χ2n) is 8.39. The molecule has 0 aliphatic heterocycles. The molecular formula is C28H40N2O3. The molecule has 0 saturated heterocycles. The molecule has 2 aromatic rings. The molecule has 0 unspecified atom stereocenters. The third-order valence-electron chi connectivity index (χ3n) is 5.39. The van der Waals surface area contributed by atoms with Gasteiger partial charge in [0.2, 0.25) is 0 Å². The second kappa shape index (κ2) is 17.0. The Hall–Kier alpha value is -2.53. The van der Waals surface area contributed by atoms with E-state index in [0.29, 0.717) is 11.6 Å². The van der Waals surface area contributed by atoms with Crippen LogP contribution >= 0.6 is 0 Å². The highest BCUT2D eigenvalue weighted by Gasteiger charge is 2.05. The zero-order valence-electron chi connectivity index (χ0n) is 20.4. The van der Waals surface area contributed by atoms with E-state index in [4.69, 9.17) is 9.47 Å². The molecule has 1 aromatic carbocycles. The maximum Gasteiger partial charge on any atom is 0.335 e. The van der Waals surface area contributed by atoms with Crippen LogP contribution in [-0.4, -0.2) is 29.2 Å². The van der Waals surface area contributed by atoms with Gasteiger partial charge >= 0.3 is 5.97 Å². The molecule has 180 valence electrons. The molecular weight excluding hydrogens is 412 g/mol. The molecule has 0 atom stereocenters. The maximum atomic E-state index is 11.9. The van der Waals surface area contributed by atoms with Crippen LogP contribution in [0.4, 0.5) is 0 Å². The Morgan fingerprint density at radius 3 is 2.30 bits per heavy atom. The van der Waals surface area contributed by atoms with Crippen molar-refractivity contribution in [3.63, 3.8) is 0 Å². The Morgan fingerprint density at radius 2 is 1.58 bits per heavy atom. The summed E-state index contributed by atoms with van der Waals surface area (Å²) in [5.41, 5.74) is 2.27. The number of carbonyl (C=O) groups is 1. The predicted octanol–water partition coefficient (Wildman–Crippen LogP) is 7.11. The van der Waals surface area contributed by atoms with Crippen LogP contribution in [0.3, 0.4) is 0 Å². The standard InChI is InChI=1S/C28H40N2O3/c1-3-5-6-7-8-9-12-15-27(31)33-26-22-29-28(30-23-26)25-18-16-24(17-19-25)14-11-10-13-21-32-20-4-2/h12,15-19,22-23H,3-11,13-14,20-21H2,1-2H3/b15-12+. The summed E-state index contributed by atoms with van der Waals surface area (Å²) in [7, 11) is 0. The number of benzene rings is 1. The molecule has 33 heavy (non-hydrogen) atoms. The number of nitrogens with zero attached hydrogens (tertiary/aromatic N) is 2. The van der Waals surface area contributed by atoms with E-state index < -0.39 is 0 Å². The largest absolute Gasteiger partial charge is 0.420 e. The van der Waals surface area contributed by atoms with Crippen LogP contribution in [0.2, 0.25) is 0 Å². The van der Waals surface area contributed by atoms with Crippen molar-refractivity contribution in [2.45, 2.75) is 84.5 Å². The molecule has 5 nitrogen and oxygen atoms in total. The number of aryl methyl sites for hydroxylation is 1. The summed E-state index contributed by atoms with van der Waals surface area (Å²) < 4.78 is 10.8. The van der Waals surface area contributed by atoms with Crippen LogP contribution in [-0.2, 0) is 16.0 Å². The molecule has 0 N–H and O–H groups in total. The topological polar surface area (TPSA) is 61.3 Å². The molecule has 0 spiro atoms. The fourth-order valence-electron chi connectivity index (χ4n) is 3.49. The SMILES string of the molecule is CCCCCCC/C=C/C(=O)Oc1cnc(-c2ccc(CCCCCOCCC)cc2)nc1. The van der Waals surface area contributed by atoms with Crippen molar-refractivity contribution in [2.75, 3.05) is 13.2 Å². The van der Waals surface area contributed by atoms with E-state index in [1.54, 1.807) is 12.4 Å². The number of hydrogen-bond acceptors (Lipinski definition) is 5. The quantitative estimate of drug-likeness (QED) is 0.145. The van der Waals surface area contributed by atoms with Crippen molar-refractivity contribution in [1.29, 1.82) is 0 Å². The van der Waals surface area contributed by atoms with Crippen LogP contribution in [0.15, 0.2) is 48.8 Å². The average Bonchev–Trinajstić information content (AvgIpc) is 2.84. The first-order valence-corrected chi connectivity index (χ1v) is 12.6. The lowest BCUT2D eigenvalue weighted by molar-refractivity contribution is -0.129. The van der Waals surface area contributed by atoms with Gasteiger partial charge in [-0.15, -0.1) is 0 Å². The maximum absolute atomic E-state index is 11.9. The lowest BCUT2D eigenvalue weighted by Gasteiger charge is -2.05. The molecule has 0 aliphatic carbocycles. The predicted molar refractivity (Wildman–Crippen MR) is 134 cm³/mol. The van der Waals surface area contributed by atoms with Gasteiger partial charge in [-0.3, -0.25) is 0 Å². The second-order valence-corrected chi connectivity index (χ2v) is 8.39. The van der Waals surface area contributed by atoms with E-state index in [9.17, 15) is 4.79 Å². The number of allylic oxidation sites excluding steroid dienone is 1. The molecule has 5 heteroatoms. The van der Waals surface area contributed by atoms with Crippen molar-refractivity contribution in [1.82, 2.24) is 9.97 Å². The number of aromatic nitrogens is 2. The fraction of sp³-hybridized carbons (Fsp3) is 0.536. The molecule has 0 bridgehead atoms. The Bertz CT molecular complexity index is 801. The smallest absolute Gasteiger partial charge is 0.335 e. The van der Waals surface area contributed by atoms with Crippen LogP contribution in [0, 0.1) is 0 Å².